The number of nitrogens with one attached hydrogen (secondary N) is 2. The topological polar surface area (TPSA) is 81.2 Å². The molecule has 0 bridgehead atoms. The molecule has 2 aromatic carbocycles. The minimum Gasteiger partial charge on any atom is -0.495 e. The molecule has 0 amide bonds. The molecule has 2 rings (SSSR count). The number of benzene rings is 2. The molecule has 26 heavy (non-hydrogen) atoms. The van der Waals surface area contributed by atoms with Crippen molar-refractivity contribution >= 4 is 35.2 Å². The summed E-state index contributed by atoms with van der Waals surface area (Å²) in [6.07, 6.45) is 1.57. The van der Waals surface area contributed by atoms with Gasteiger partial charge >= 0.3 is 5.97 Å². The number of carbonyl (C=O) groups excluding carboxylic acids is 1. The van der Waals surface area contributed by atoms with Crippen molar-refractivity contribution in [3.8, 4) is 17.2 Å². The molecule has 7 nitrogen and oxygen atoms in total. The van der Waals surface area contributed by atoms with E-state index < -0.39 is 5.97 Å². The van der Waals surface area contributed by atoms with Gasteiger partial charge in [-0.1, -0.05) is 12.1 Å². The maximum atomic E-state index is 11.1. The molecule has 0 radical (unpaired) electrons. The first-order valence-electron chi connectivity index (χ1n) is 7.63. The minimum atomic E-state index is -0.417. The van der Waals surface area contributed by atoms with E-state index in [1.54, 1.807) is 31.5 Å². The summed E-state index contributed by atoms with van der Waals surface area (Å²) in [6.45, 7) is 1.33. The zero-order valence-electron chi connectivity index (χ0n) is 14.6. The van der Waals surface area contributed by atoms with E-state index in [4.69, 9.17) is 26.4 Å². The van der Waals surface area contributed by atoms with Crippen molar-refractivity contribution in [2.24, 2.45) is 5.10 Å². The molecule has 0 atom stereocenters. The average Bonchev–Trinajstić information content (AvgIpc) is 2.62. The summed E-state index contributed by atoms with van der Waals surface area (Å²) >= 11 is 5.20. The van der Waals surface area contributed by atoms with Crippen molar-refractivity contribution in [2.75, 3.05) is 19.5 Å². The Balaban J connectivity index is 1.99. The van der Waals surface area contributed by atoms with Gasteiger partial charge in [0.15, 0.2) is 16.6 Å². The first kappa shape index (κ1) is 19.2. The van der Waals surface area contributed by atoms with Gasteiger partial charge in [0.2, 0.25) is 0 Å². The molecule has 0 unspecified atom stereocenters. The zero-order chi connectivity index (χ0) is 18.9. The Morgan fingerprint density at radius 1 is 1.08 bits per heavy atom. The van der Waals surface area contributed by atoms with Crippen molar-refractivity contribution in [3.05, 3.63) is 48.0 Å². The molecule has 0 aromatic heterocycles. The number of esters is 1. The fourth-order valence-corrected chi connectivity index (χ4v) is 2.23. The number of carbonyl (C=O) groups is 1. The molecule has 136 valence electrons. The number of methoxy groups -OCH3 is 2. The van der Waals surface area contributed by atoms with E-state index in [0.717, 1.165) is 11.3 Å². The van der Waals surface area contributed by atoms with Crippen LogP contribution in [-0.4, -0.2) is 31.5 Å². The van der Waals surface area contributed by atoms with Gasteiger partial charge in [-0.05, 0) is 48.1 Å². The number of hydrazone groups is 1. The fraction of sp³-hybridized carbons (Fsp3) is 0.167. The molecule has 0 aliphatic carbocycles. The van der Waals surface area contributed by atoms with Gasteiger partial charge in [0.05, 0.1) is 26.1 Å². The third-order valence-electron chi connectivity index (χ3n) is 3.18. The van der Waals surface area contributed by atoms with Crippen molar-refractivity contribution < 1.29 is 19.0 Å². The first-order chi connectivity index (χ1) is 12.5. The number of anilines is 1. The number of thiocarbonyl (C=S) groups is 1. The van der Waals surface area contributed by atoms with Crippen LogP contribution in [-0.2, 0) is 4.79 Å². The molecule has 0 heterocycles. The molecule has 0 aliphatic heterocycles. The lowest BCUT2D eigenvalue weighted by Gasteiger charge is -2.11. The van der Waals surface area contributed by atoms with Gasteiger partial charge in [0.1, 0.15) is 5.75 Å². The zero-order valence-corrected chi connectivity index (χ0v) is 15.4. The summed E-state index contributed by atoms with van der Waals surface area (Å²) in [5.41, 5.74) is 4.20. The van der Waals surface area contributed by atoms with Crippen LogP contribution in [0, 0.1) is 0 Å². The number of ether oxygens (including phenoxy) is 3. The van der Waals surface area contributed by atoms with Crippen molar-refractivity contribution in [1.82, 2.24) is 5.43 Å². The lowest BCUT2D eigenvalue weighted by atomic mass is 10.2. The summed E-state index contributed by atoms with van der Waals surface area (Å²) in [5, 5.41) is 7.39. The van der Waals surface area contributed by atoms with Crippen LogP contribution in [0.5, 0.6) is 17.2 Å². The van der Waals surface area contributed by atoms with E-state index in [1.165, 1.54) is 14.0 Å². The molecular formula is C18H19N3O4S. The third-order valence-corrected chi connectivity index (χ3v) is 3.37. The van der Waals surface area contributed by atoms with Gasteiger partial charge in [0.25, 0.3) is 0 Å². The molecule has 2 aromatic rings. The van der Waals surface area contributed by atoms with Gasteiger partial charge in [-0.2, -0.15) is 5.10 Å². The summed E-state index contributed by atoms with van der Waals surface area (Å²) in [6, 6.07) is 12.5. The number of hydrogen-bond donors (Lipinski definition) is 2. The first-order valence-corrected chi connectivity index (χ1v) is 8.04. The van der Waals surface area contributed by atoms with Crippen LogP contribution >= 0.6 is 12.2 Å². The molecule has 2 N–H and O–H groups in total. The van der Waals surface area contributed by atoms with Gasteiger partial charge in [-0.15, -0.1) is 0 Å². The van der Waals surface area contributed by atoms with E-state index in [2.05, 4.69) is 15.8 Å². The maximum Gasteiger partial charge on any atom is 0.308 e. The lowest BCUT2D eigenvalue weighted by molar-refractivity contribution is -0.132. The van der Waals surface area contributed by atoms with E-state index in [0.29, 0.717) is 22.4 Å². The summed E-state index contributed by atoms with van der Waals surface area (Å²) in [5.74, 6) is 1.03. The molecule has 0 saturated carbocycles. The normalized spacial score (nSPS) is 10.3. The number of rotatable bonds is 6. The molecule has 0 fully saturated rings. The van der Waals surface area contributed by atoms with Crippen LogP contribution in [0.2, 0.25) is 0 Å². The highest BCUT2D eigenvalue weighted by atomic mass is 32.1. The van der Waals surface area contributed by atoms with Crippen molar-refractivity contribution in [1.29, 1.82) is 0 Å². The monoisotopic (exact) mass is 373 g/mol. The van der Waals surface area contributed by atoms with Crippen LogP contribution in [0.4, 0.5) is 5.69 Å². The average molecular weight is 373 g/mol. The van der Waals surface area contributed by atoms with Crippen molar-refractivity contribution in [3.63, 3.8) is 0 Å². The fourth-order valence-electron chi connectivity index (χ4n) is 2.07. The molecule has 0 spiro atoms. The van der Waals surface area contributed by atoms with Crippen molar-refractivity contribution in [2.45, 2.75) is 6.92 Å². The Morgan fingerprint density at radius 3 is 2.50 bits per heavy atom. The lowest BCUT2D eigenvalue weighted by Crippen LogP contribution is -2.24. The standard InChI is InChI=1S/C18H19N3O4S/c1-12(22)25-16-9-8-13(10-17(16)24-3)11-19-21-18(26)20-14-6-4-5-7-15(14)23-2/h4-11H,1-3H3,(H2,20,21,26)/b19-11-. The smallest absolute Gasteiger partial charge is 0.308 e. The molecular weight excluding hydrogens is 354 g/mol. The van der Waals surface area contributed by atoms with E-state index >= 15 is 0 Å². The Morgan fingerprint density at radius 2 is 1.81 bits per heavy atom. The second-order valence-electron chi connectivity index (χ2n) is 5.03. The predicted molar refractivity (Wildman–Crippen MR) is 104 cm³/mol. The molecule has 0 saturated heterocycles. The van der Waals surface area contributed by atoms with Gasteiger partial charge in [-0.3, -0.25) is 10.2 Å². The van der Waals surface area contributed by atoms with Crippen LogP contribution in [0.3, 0.4) is 0 Å². The Labute approximate surface area is 157 Å². The highest BCUT2D eigenvalue weighted by Crippen LogP contribution is 2.27. The predicted octanol–water partition coefficient (Wildman–Crippen LogP) is 2.95. The van der Waals surface area contributed by atoms with Crippen LogP contribution in [0.25, 0.3) is 0 Å². The summed E-state index contributed by atoms with van der Waals surface area (Å²) in [7, 11) is 3.08. The quantitative estimate of drug-likeness (QED) is 0.265. The maximum absolute atomic E-state index is 11.1. The molecule has 8 heteroatoms. The Bertz CT molecular complexity index is 824. The SMILES string of the molecule is COc1ccccc1NC(=S)N/N=C\c1ccc(OC(C)=O)c(OC)c1. The van der Waals surface area contributed by atoms with Crippen LogP contribution in [0.1, 0.15) is 12.5 Å². The van der Waals surface area contributed by atoms with Gasteiger partial charge in [-0.25, -0.2) is 0 Å². The van der Waals surface area contributed by atoms with Gasteiger partial charge in [0, 0.05) is 6.92 Å². The largest absolute Gasteiger partial charge is 0.495 e. The highest BCUT2D eigenvalue weighted by molar-refractivity contribution is 7.80. The summed E-state index contributed by atoms with van der Waals surface area (Å²) in [4.78, 5) is 11.1. The van der Waals surface area contributed by atoms with E-state index in [9.17, 15) is 4.79 Å². The highest BCUT2D eigenvalue weighted by Gasteiger charge is 2.07. The Hall–Kier alpha value is -3.13. The van der Waals surface area contributed by atoms with Gasteiger partial charge < -0.3 is 19.5 Å². The van der Waals surface area contributed by atoms with Crippen LogP contribution < -0.4 is 25.0 Å². The minimum absolute atomic E-state index is 0.314. The molecule has 0 aliphatic rings. The van der Waals surface area contributed by atoms with Crippen LogP contribution in [0.15, 0.2) is 47.6 Å². The second-order valence-corrected chi connectivity index (χ2v) is 5.44. The summed E-state index contributed by atoms with van der Waals surface area (Å²) < 4.78 is 15.5. The number of para-hydroxylation sites is 2. The number of nitrogens with zero attached hydrogens (tertiary/aromatic N) is 1. The second kappa shape index (κ2) is 9.38. The number of hydrogen-bond acceptors (Lipinski definition) is 6. The Kier molecular flexibility index (Phi) is 6.92. The van der Waals surface area contributed by atoms with E-state index in [1.807, 2.05) is 24.3 Å². The van der Waals surface area contributed by atoms with E-state index in [-0.39, 0.29) is 0 Å². The third kappa shape index (κ3) is 5.45.